The molecule has 1 saturated heterocycles. The van der Waals surface area contributed by atoms with E-state index in [1.54, 1.807) is 0 Å². The van der Waals surface area contributed by atoms with E-state index in [0.717, 1.165) is 24.4 Å². The molecule has 2 nitrogen and oxygen atoms in total. The standard InChI is InChI=1S/C12H22N2/c1-10-6-12(7-13)9-14(10)8-11-4-2-3-5-11/h2-3,10-12H,4-9,13H2,1H3. The molecule has 2 rings (SSSR count). The van der Waals surface area contributed by atoms with Crippen LogP contribution in [-0.4, -0.2) is 30.6 Å². The molecule has 1 fully saturated rings. The monoisotopic (exact) mass is 194 g/mol. The molecule has 0 aromatic heterocycles. The summed E-state index contributed by atoms with van der Waals surface area (Å²) in [6, 6.07) is 0.754. The SMILES string of the molecule is CC1CC(CN)CN1CC1CC=CC1. The molecule has 2 atom stereocenters. The van der Waals surface area contributed by atoms with Crippen LogP contribution in [0.2, 0.25) is 0 Å². The summed E-state index contributed by atoms with van der Waals surface area (Å²) in [4.78, 5) is 2.63. The van der Waals surface area contributed by atoms with Gasteiger partial charge in [-0.1, -0.05) is 12.2 Å². The lowest BCUT2D eigenvalue weighted by atomic mass is 10.1. The second kappa shape index (κ2) is 4.45. The Bertz CT molecular complexity index is 204. The van der Waals surface area contributed by atoms with E-state index < -0.39 is 0 Å². The Kier molecular flexibility index (Phi) is 3.24. The summed E-state index contributed by atoms with van der Waals surface area (Å²) in [6.45, 7) is 5.72. The number of likely N-dealkylation sites (tertiary alicyclic amines) is 1. The van der Waals surface area contributed by atoms with Crippen LogP contribution in [0.15, 0.2) is 12.2 Å². The molecule has 2 heteroatoms. The third kappa shape index (κ3) is 2.18. The maximum atomic E-state index is 5.73. The van der Waals surface area contributed by atoms with Gasteiger partial charge in [0.1, 0.15) is 0 Å². The normalized spacial score (nSPS) is 34.4. The summed E-state index contributed by atoms with van der Waals surface area (Å²) in [7, 11) is 0. The van der Waals surface area contributed by atoms with Crippen LogP contribution in [0, 0.1) is 11.8 Å². The molecule has 1 aliphatic heterocycles. The van der Waals surface area contributed by atoms with Gasteiger partial charge >= 0.3 is 0 Å². The molecule has 0 saturated carbocycles. The van der Waals surface area contributed by atoms with Crippen molar-refractivity contribution in [3.05, 3.63) is 12.2 Å². The van der Waals surface area contributed by atoms with Gasteiger partial charge in [-0.25, -0.2) is 0 Å². The first-order valence-electron chi connectivity index (χ1n) is 5.88. The van der Waals surface area contributed by atoms with Gasteiger partial charge in [-0.2, -0.15) is 0 Å². The Morgan fingerprint density at radius 2 is 2.00 bits per heavy atom. The van der Waals surface area contributed by atoms with E-state index in [9.17, 15) is 0 Å². The van der Waals surface area contributed by atoms with Crippen molar-refractivity contribution < 1.29 is 0 Å². The molecule has 1 heterocycles. The zero-order valence-electron chi connectivity index (χ0n) is 9.15. The van der Waals surface area contributed by atoms with Gasteiger partial charge in [0.15, 0.2) is 0 Å². The number of nitrogens with zero attached hydrogens (tertiary/aromatic N) is 1. The molecule has 0 aromatic carbocycles. The third-order valence-electron chi connectivity index (χ3n) is 3.72. The number of allylic oxidation sites excluding steroid dienone is 2. The Morgan fingerprint density at radius 1 is 1.29 bits per heavy atom. The van der Waals surface area contributed by atoms with Gasteiger partial charge in [-0.05, 0) is 44.6 Å². The minimum Gasteiger partial charge on any atom is -0.330 e. The first-order valence-corrected chi connectivity index (χ1v) is 5.88. The highest BCUT2D eigenvalue weighted by molar-refractivity contribution is 4.96. The molecule has 1 aliphatic carbocycles. The summed E-state index contributed by atoms with van der Waals surface area (Å²) in [6.07, 6.45) is 8.53. The average molecular weight is 194 g/mol. The van der Waals surface area contributed by atoms with E-state index in [0.29, 0.717) is 0 Å². The van der Waals surface area contributed by atoms with Crippen molar-refractivity contribution in [3.63, 3.8) is 0 Å². The highest BCUT2D eigenvalue weighted by atomic mass is 15.2. The van der Waals surface area contributed by atoms with Crippen molar-refractivity contribution in [1.29, 1.82) is 0 Å². The quantitative estimate of drug-likeness (QED) is 0.692. The van der Waals surface area contributed by atoms with Crippen molar-refractivity contribution in [2.45, 2.75) is 32.2 Å². The molecule has 2 N–H and O–H groups in total. The molecule has 0 aromatic rings. The fourth-order valence-electron chi connectivity index (χ4n) is 2.80. The fraction of sp³-hybridized carbons (Fsp3) is 0.833. The zero-order valence-corrected chi connectivity index (χ0v) is 9.15. The van der Waals surface area contributed by atoms with E-state index in [1.165, 1.54) is 32.4 Å². The molecule has 80 valence electrons. The predicted octanol–water partition coefficient (Wildman–Crippen LogP) is 1.62. The highest BCUT2D eigenvalue weighted by Crippen LogP contribution is 2.26. The van der Waals surface area contributed by atoms with Crippen molar-refractivity contribution >= 4 is 0 Å². The summed E-state index contributed by atoms with van der Waals surface area (Å²) in [5, 5.41) is 0. The van der Waals surface area contributed by atoms with Gasteiger partial charge in [-0.15, -0.1) is 0 Å². The lowest BCUT2D eigenvalue weighted by Gasteiger charge is -2.24. The van der Waals surface area contributed by atoms with Crippen molar-refractivity contribution in [2.75, 3.05) is 19.6 Å². The Labute approximate surface area is 87.2 Å². The van der Waals surface area contributed by atoms with Gasteiger partial charge in [0.2, 0.25) is 0 Å². The maximum absolute atomic E-state index is 5.73. The lowest BCUT2D eigenvalue weighted by molar-refractivity contribution is 0.225. The van der Waals surface area contributed by atoms with Crippen molar-refractivity contribution in [1.82, 2.24) is 4.90 Å². The summed E-state index contributed by atoms with van der Waals surface area (Å²) >= 11 is 0. The minimum absolute atomic E-state index is 0.749. The molecule has 0 radical (unpaired) electrons. The van der Waals surface area contributed by atoms with Crippen molar-refractivity contribution in [2.24, 2.45) is 17.6 Å². The van der Waals surface area contributed by atoms with Crippen molar-refractivity contribution in [3.8, 4) is 0 Å². The highest BCUT2D eigenvalue weighted by Gasteiger charge is 2.29. The van der Waals surface area contributed by atoms with Crippen LogP contribution in [0.25, 0.3) is 0 Å². The topological polar surface area (TPSA) is 29.3 Å². The molecule has 0 bridgehead atoms. The molecule has 2 unspecified atom stereocenters. The van der Waals surface area contributed by atoms with Gasteiger partial charge < -0.3 is 10.6 Å². The minimum atomic E-state index is 0.749. The third-order valence-corrected chi connectivity index (χ3v) is 3.72. The summed E-state index contributed by atoms with van der Waals surface area (Å²) < 4.78 is 0. The first kappa shape index (κ1) is 10.2. The second-order valence-corrected chi connectivity index (χ2v) is 4.95. The van der Waals surface area contributed by atoms with E-state index in [4.69, 9.17) is 5.73 Å². The Balaban J connectivity index is 1.80. The molecule has 14 heavy (non-hydrogen) atoms. The molecular weight excluding hydrogens is 172 g/mol. The van der Waals surface area contributed by atoms with Gasteiger partial charge in [0, 0.05) is 19.1 Å². The average Bonchev–Trinajstić information content (AvgIpc) is 2.78. The van der Waals surface area contributed by atoms with Crippen LogP contribution >= 0.6 is 0 Å². The number of hydrogen-bond donors (Lipinski definition) is 1. The summed E-state index contributed by atoms with van der Waals surface area (Å²) in [5.74, 6) is 1.63. The van der Waals surface area contributed by atoms with E-state index in [2.05, 4.69) is 24.0 Å². The second-order valence-electron chi connectivity index (χ2n) is 4.95. The molecule has 2 aliphatic rings. The van der Waals surface area contributed by atoms with E-state index in [1.807, 2.05) is 0 Å². The number of hydrogen-bond acceptors (Lipinski definition) is 2. The van der Waals surface area contributed by atoms with Gasteiger partial charge in [-0.3, -0.25) is 0 Å². The van der Waals surface area contributed by atoms with E-state index in [-0.39, 0.29) is 0 Å². The van der Waals surface area contributed by atoms with Crippen LogP contribution in [0.1, 0.15) is 26.2 Å². The Hall–Kier alpha value is -0.340. The van der Waals surface area contributed by atoms with E-state index >= 15 is 0 Å². The largest absolute Gasteiger partial charge is 0.330 e. The van der Waals surface area contributed by atoms with Gasteiger partial charge in [0.05, 0.1) is 0 Å². The smallest absolute Gasteiger partial charge is 0.00707 e. The first-order chi connectivity index (χ1) is 6.79. The molecular formula is C12H22N2. The molecule has 0 amide bonds. The number of rotatable bonds is 3. The fourth-order valence-corrected chi connectivity index (χ4v) is 2.80. The van der Waals surface area contributed by atoms with Crippen LogP contribution < -0.4 is 5.73 Å². The van der Waals surface area contributed by atoms with Crippen LogP contribution in [0.4, 0.5) is 0 Å². The maximum Gasteiger partial charge on any atom is 0.00707 e. The summed E-state index contributed by atoms with van der Waals surface area (Å²) in [5.41, 5.74) is 5.73. The van der Waals surface area contributed by atoms with Crippen LogP contribution in [0.3, 0.4) is 0 Å². The Morgan fingerprint density at radius 3 is 2.57 bits per heavy atom. The predicted molar refractivity (Wildman–Crippen MR) is 60.1 cm³/mol. The van der Waals surface area contributed by atoms with Crippen LogP contribution in [-0.2, 0) is 0 Å². The number of nitrogens with two attached hydrogens (primary N) is 1. The molecule has 0 spiro atoms. The van der Waals surface area contributed by atoms with Gasteiger partial charge in [0.25, 0.3) is 0 Å². The van der Waals surface area contributed by atoms with Crippen LogP contribution in [0.5, 0.6) is 0 Å². The lowest BCUT2D eigenvalue weighted by Crippen LogP contribution is -2.32. The zero-order chi connectivity index (χ0) is 9.97.